The highest BCUT2D eigenvalue weighted by atomic mass is 127. The fourth-order valence-corrected chi connectivity index (χ4v) is 2.01. The molecule has 0 heterocycles. The smallest absolute Gasteiger partial charge is 0.191 e. The fraction of sp³-hybridized carbons (Fsp3) is 0.562. The van der Waals surface area contributed by atoms with Crippen LogP contribution < -0.4 is 15.4 Å². The van der Waals surface area contributed by atoms with Crippen LogP contribution >= 0.6 is 24.0 Å². The number of aliphatic imine (C=N–C) groups is 1. The van der Waals surface area contributed by atoms with Crippen molar-refractivity contribution in [2.24, 2.45) is 4.99 Å². The van der Waals surface area contributed by atoms with E-state index in [-0.39, 0.29) is 30.0 Å². The lowest BCUT2D eigenvalue weighted by Crippen LogP contribution is -2.44. The van der Waals surface area contributed by atoms with Crippen molar-refractivity contribution in [1.29, 1.82) is 0 Å². The maximum absolute atomic E-state index is 5.15. The van der Waals surface area contributed by atoms with Crippen LogP contribution in [0.15, 0.2) is 29.3 Å². The van der Waals surface area contributed by atoms with Gasteiger partial charge in [-0.05, 0) is 37.5 Å². The van der Waals surface area contributed by atoms with Crippen molar-refractivity contribution < 1.29 is 9.47 Å². The summed E-state index contributed by atoms with van der Waals surface area (Å²) < 4.78 is 10.2. The molecule has 0 aliphatic rings. The molecule has 5 nitrogen and oxygen atoms in total. The minimum Gasteiger partial charge on any atom is -0.497 e. The molecule has 0 aliphatic carbocycles. The second-order valence-electron chi connectivity index (χ2n) is 4.95. The van der Waals surface area contributed by atoms with Crippen LogP contribution in [0.3, 0.4) is 0 Å². The predicted octanol–water partition coefficient (Wildman–Crippen LogP) is 2.45. The topological polar surface area (TPSA) is 54.9 Å². The van der Waals surface area contributed by atoms with Crippen molar-refractivity contribution in [1.82, 2.24) is 10.6 Å². The zero-order valence-electron chi connectivity index (χ0n) is 13.9. The largest absolute Gasteiger partial charge is 0.497 e. The number of rotatable bonds is 8. The number of benzene rings is 1. The molecular formula is C16H28IN3O2. The molecule has 0 aromatic heterocycles. The maximum Gasteiger partial charge on any atom is 0.191 e. The first-order valence-corrected chi connectivity index (χ1v) is 7.28. The third-order valence-electron chi connectivity index (χ3n) is 3.12. The number of halogens is 1. The minimum absolute atomic E-state index is 0. The maximum atomic E-state index is 5.15. The molecule has 1 unspecified atom stereocenters. The summed E-state index contributed by atoms with van der Waals surface area (Å²) >= 11 is 0. The van der Waals surface area contributed by atoms with Gasteiger partial charge >= 0.3 is 0 Å². The summed E-state index contributed by atoms with van der Waals surface area (Å²) in [6.45, 7) is 3.60. The summed E-state index contributed by atoms with van der Waals surface area (Å²) in [4.78, 5) is 4.20. The molecular weight excluding hydrogens is 393 g/mol. The quantitative estimate of drug-likeness (QED) is 0.293. The lowest BCUT2D eigenvalue weighted by atomic mass is 10.1. The molecule has 0 spiro atoms. The lowest BCUT2D eigenvalue weighted by molar-refractivity contribution is 0.179. The minimum atomic E-state index is 0. The van der Waals surface area contributed by atoms with Crippen molar-refractivity contribution in [3.05, 3.63) is 29.8 Å². The Kier molecular flexibility index (Phi) is 11.9. The number of aryl methyl sites for hydroxylation is 1. The Morgan fingerprint density at radius 1 is 1.23 bits per heavy atom. The highest BCUT2D eigenvalue weighted by Gasteiger charge is 2.03. The second kappa shape index (κ2) is 12.5. The predicted molar refractivity (Wildman–Crippen MR) is 103 cm³/mol. The van der Waals surface area contributed by atoms with Crippen LogP contribution in [0.25, 0.3) is 0 Å². The fourth-order valence-electron chi connectivity index (χ4n) is 2.01. The van der Waals surface area contributed by atoms with Crippen molar-refractivity contribution in [3.8, 4) is 5.75 Å². The molecule has 1 aromatic carbocycles. The number of hydrogen-bond donors (Lipinski definition) is 2. The van der Waals surface area contributed by atoms with E-state index < -0.39 is 0 Å². The van der Waals surface area contributed by atoms with Gasteiger partial charge in [0, 0.05) is 26.7 Å². The Labute approximate surface area is 150 Å². The second-order valence-corrected chi connectivity index (χ2v) is 4.95. The molecule has 2 N–H and O–H groups in total. The van der Waals surface area contributed by atoms with E-state index in [9.17, 15) is 0 Å². The van der Waals surface area contributed by atoms with E-state index in [0.29, 0.717) is 6.61 Å². The van der Waals surface area contributed by atoms with Gasteiger partial charge < -0.3 is 20.1 Å². The molecule has 126 valence electrons. The molecule has 0 aliphatic heterocycles. The summed E-state index contributed by atoms with van der Waals surface area (Å²) in [7, 11) is 5.16. The van der Waals surface area contributed by atoms with Crippen LogP contribution in [0.5, 0.6) is 5.75 Å². The molecule has 0 radical (unpaired) electrons. The van der Waals surface area contributed by atoms with Gasteiger partial charge in [0.15, 0.2) is 5.96 Å². The number of nitrogens with one attached hydrogen (secondary N) is 2. The Bertz CT molecular complexity index is 424. The molecule has 0 saturated carbocycles. The van der Waals surface area contributed by atoms with E-state index in [1.807, 2.05) is 12.1 Å². The summed E-state index contributed by atoms with van der Waals surface area (Å²) in [5.74, 6) is 1.71. The third kappa shape index (κ3) is 8.43. The zero-order valence-corrected chi connectivity index (χ0v) is 16.2. The molecule has 1 aromatic rings. The van der Waals surface area contributed by atoms with Crippen molar-refractivity contribution >= 4 is 29.9 Å². The lowest BCUT2D eigenvalue weighted by Gasteiger charge is -2.17. The SMILES string of the molecule is CN=C(NCCCc1ccc(OC)cc1)NC(C)COC.I. The standard InChI is InChI=1S/C16H27N3O2.HI/c1-13(12-20-3)19-16(17-2)18-11-5-6-14-7-9-15(21-4)10-8-14;/h7-10,13H,5-6,11-12H2,1-4H3,(H2,17,18,19);1H. The van der Waals surface area contributed by atoms with Gasteiger partial charge in [0.25, 0.3) is 0 Å². The van der Waals surface area contributed by atoms with Crippen LogP contribution in [0, 0.1) is 0 Å². The first-order chi connectivity index (χ1) is 10.2. The van der Waals surface area contributed by atoms with E-state index in [1.165, 1.54) is 5.56 Å². The highest BCUT2D eigenvalue weighted by molar-refractivity contribution is 14.0. The van der Waals surface area contributed by atoms with Crippen LogP contribution in [-0.2, 0) is 11.2 Å². The number of guanidine groups is 1. The van der Waals surface area contributed by atoms with Crippen LogP contribution in [0.2, 0.25) is 0 Å². The Balaban J connectivity index is 0.00000441. The summed E-state index contributed by atoms with van der Waals surface area (Å²) in [6, 6.07) is 8.44. The van der Waals surface area contributed by atoms with Crippen LogP contribution in [0.4, 0.5) is 0 Å². The molecule has 0 fully saturated rings. The van der Waals surface area contributed by atoms with E-state index in [1.54, 1.807) is 21.3 Å². The van der Waals surface area contributed by atoms with Gasteiger partial charge in [-0.3, -0.25) is 4.99 Å². The van der Waals surface area contributed by atoms with Gasteiger partial charge in [-0.2, -0.15) is 0 Å². The summed E-state index contributed by atoms with van der Waals surface area (Å²) in [5, 5.41) is 6.59. The Hall–Kier alpha value is -1.02. The molecule has 22 heavy (non-hydrogen) atoms. The van der Waals surface area contributed by atoms with Crippen molar-refractivity contribution in [2.75, 3.05) is 34.4 Å². The number of nitrogens with zero attached hydrogens (tertiary/aromatic N) is 1. The van der Waals surface area contributed by atoms with Crippen LogP contribution in [0.1, 0.15) is 18.9 Å². The third-order valence-corrected chi connectivity index (χ3v) is 3.12. The number of hydrogen-bond acceptors (Lipinski definition) is 3. The molecule has 1 atom stereocenters. The van der Waals surface area contributed by atoms with E-state index in [0.717, 1.165) is 31.1 Å². The normalized spacial score (nSPS) is 12.3. The first-order valence-electron chi connectivity index (χ1n) is 7.28. The van der Waals surface area contributed by atoms with E-state index in [2.05, 4.69) is 34.7 Å². The van der Waals surface area contributed by atoms with Crippen molar-refractivity contribution in [2.45, 2.75) is 25.8 Å². The average Bonchev–Trinajstić information content (AvgIpc) is 2.51. The monoisotopic (exact) mass is 421 g/mol. The average molecular weight is 421 g/mol. The summed E-state index contributed by atoms with van der Waals surface area (Å²) in [5.41, 5.74) is 1.31. The number of ether oxygens (including phenoxy) is 2. The zero-order chi connectivity index (χ0) is 15.5. The van der Waals surface area contributed by atoms with Gasteiger partial charge in [0.2, 0.25) is 0 Å². The van der Waals surface area contributed by atoms with Crippen LogP contribution in [-0.4, -0.2) is 46.4 Å². The van der Waals surface area contributed by atoms with Gasteiger partial charge in [0.05, 0.1) is 13.7 Å². The Morgan fingerprint density at radius 2 is 1.91 bits per heavy atom. The van der Waals surface area contributed by atoms with Gasteiger partial charge in [-0.15, -0.1) is 24.0 Å². The molecule has 1 rings (SSSR count). The van der Waals surface area contributed by atoms with E-state index >= 15 is 0 Å². The molecule has 6 heteroatoms. The highest BCUT2D eigenvalue weighted by Crippen LogP contribution is 2.12. The molecule has 0 amide bonds. The Morgan fingerprint density at radius 3 is 2.45 bits per heavy atom. The van der Waals surface area contributed by atoms with Gasteiger partial charge in [0.1, 0.15) is 5.75 Å². The number of methoxy groups -OCH3 is 2. The van der Waals surface area contributed by atoms with E-state index in [4.69, 9.17) is 9.47 Å². The van der Waals surface area contributed by atoms with Gasteiger partial charge in [-0.1, -0.05) is 12.1 Å². The molecule has 0 bridgehead atoms. The van der Waals surface area contributed by atoms with Crippen molar-refractivity contribution in [3.63, 3.8) is 0 Å². The van der Waals surface area contributed by atoms with Gasteiger partial charge in [-0.25, -0.2) is 0 Å². The first kappa shape index (κ1) is 21.0. The summed E-state index contributed by atoms with van der Waals surface area (Å²) in [6.07, 6.45) is 2.08. The molecule has 0 saturated heterocycles.